The number of rotatable bonds is 6. The molecule has 2 N–H and O–H groups in total. The van der Waals surface area contributed by atoms with Gasteiger partial charge in [-0.2, -0.15) is 0 Å². The van der Waals surface area contributed by atoms with Crippen LogP contribution in [0.4, 0.5) is 10.5 Å². The zero-order valence-electron chi connectivity index (χ0n) is 16.5. The Morgan fingerprint density at radius 2 is 2.07 bits per heavy atom. The van der Waals surface area contributed by atoms with Crippen LogP contribution in [0.15, 0.2) is 28.7 Å². The maximum atomic E-state index is 13.0. The molecule has 0 saturated carbocycles. The second kappa shape index (κ2) is 10.5. The van der Waals surface area contributed by atoms with Crippen molar-refractivity contribution in [1.82, 2.24) is 10.2 Å². The van der Waals surface area contributed by atoms with Gasteiger partial charge in [0, 0.05) is 23.2 Å². The highest BCUT2D eigenvalue weighted by Gasteiger charge is 2.34. The maximum absolute atomic E-state index is 13.0. The van der Waals surface area contributed by atoms with Crippen LogP contribution in [0.3, 0.4) is 0 Å². The van der Waals surface area contributed by atoms with E-state index in [2.05, 4.69) is 26.6 Å². The second-order valence-corrected chi connectivity index (χ2v) is 8.12. The number of likely N-dealkylation sites (tertiary alicyclic amines) is 1. The lowest BCUT2D eigenvalue weighted by molar-refractivity contribution is -0.151. The summed E-state index contributed by atoms with van der Waals surface area (Å²) in [5.41, 5.74) is 0.627. The Labute approximate surface area is 174 Å². The fourth-order valence-corrected chi connectivity index (χ4v) is 3.61. The Hall–Kier alpha value is -2.09. The quantitative estimate of drug-likeness (QED) is 0.646. The summed E-state index contributed by atoms with van der Waals surface area (Å²) in [6, 6.07) is 6.11. The highest BCUT2D eigenvalue weighted by molar-refractivity contribution is 9.10. The first-order valence-corrected chi connectivity index (χ1v) is 10.4. The third-order valence-corrected chi connectivity index (χ3v) is 5.15. The van der Waals surface area contributed by atoms with Gasteiger partial charge < -0.3 is 20.3 Å². The number of anilines is 1. The molecule has 0 bridgehead atoms. The molecule has 2 atom stereocenters. The largest absolute Gasteiger partial charge is 0.466 e. The number of esters is 1. The first-order chi connectivity index (χ1) is 13.3. The summed E-state index contributed by atoms with van der Waals surface area (Å²) >= 11 is 3.36. The van der Waals surface area contributed by atoms with Crippen molar-refractivity contribution < 1.29 is 19.1 Å². The zero-order valence-corrected chi connectivity index (χ0v) is 18.1. The van der Waals surface area contributed by atoms with Gasteiger partial charge in [0.25, 0.3) is 0 Å². The van der Waals surface area contributed by atoms with Gasteiger partial charge in [-0.15, -0.1) is 0 Å². The summed E-state index contributed by atoms with van der Waals surface area (Å²) in [6.45, 7) is 6.77. The molecule has 1 fully saturated rings. The van der Waals surface area contributed by atoms with Crippen LogP contribution in [0.25, 0.3) is 0 Å². The first-order valence-electron chi connectivity index (χ1n) is 9.60. The van der Waals surface area contributed by atoms with Crippen molar-refractivity contribution in [1.29, 1.82) is 0 Å². The third kappa shape index (κ3) is 6.22. The molecule has 1 aromatic carbocycles. The van der Waals surface area contributed by atoms with E-state index in [1.54, 1.807) is 24.0 Å². The Kier molecular flexibility index (Phi) is 8.29. The molecule has 3 amide bonds. The molecule has 28 heavy (non-hydrogen) atoms. The van der Waals surface area contributed by atoms with E-state index in [4.69, 9.17) is 4.74 Å². The molecule has 1 saturated heterocycles. The predicted octanol–water partition coefficient (Wildman–Crippen LogP) is 3.40. The van der Waals surface area contributed by atoms with Crippen LogP contribution in [0.2, 0.25) is 0 Å². The summed E-state index contributed by atoms with van der Waals surface area (Å²) in [4.78, 5) is 39.1. The number of piperidine rings is 1. The summed E-state index contributed by atoms with van der Waals surface area (Å²) in [5, 5.41) is 5.52. The summed E-state index contributed by atoms with van der Waals surface area (Å²) in [7, 11) is 0. The molecule has 0 aliphatic carbocycles. The average molecular weight is 454 g/mol. The van der Waals surface area contributed by atoms with Crippen molar-refractivity contribution >= 4 is 39.5 Å². The van der Waals surface area contributed by atoms with E-state index >= 15 is 0 Å². The van der Waals surface area contributed by atoms with Crippen LogP contribution in [-0.4, -0.2) is 48.5 Å². The minimum absolute atomic E-state index is 0.0938. The molecule has 2 unspecified atom stereocenters. The standard InChI is InChI=1S/C20H28BrN3O4/c1-4-28-19(26)14-7-6-10-24(12-14)18(25)17(13(2)3)23-20(27)22-16-9-5-8-15(21)11-16/h5,8-9,11,13-14,17H,4,6-7,10,12H2,1-3H3,(H2,22,23,27). The number of nitrogens with zero attached hydrogens (tertiary/aromatic N) is 1. The van der Waals surface area contributed by atoms with Crippen LogP contribution in [-0.2, 0) is 14.3 Å². The van der Waals surface area contributed by atoms with Crippen molar-refractivity contribution in [2.75, 3.05) is 25.0 Å². The van der Waals surface area contributed by atoms with Gasteiger partial charge in [-0.05, 0) is 43.9 Å². The molecule has 2 rings (SSSR count). The molecular formula is C20H28BrN3O4. The van der Waals surface area contributed by atoms with Crippen LogP contribution in [0.1, 0.15) is 33.6 Å². The van der Waals surface area contributed by atoms with Gasteiger partial charge in [0.15, 0.2) is 0 Å². The van der Waals surface area contributed by atoms with Crippen LogP contribution in [0, 0.1) is 11.8 Å². The number of carbonyl (C=O) groups is 3. The minimum atomic E-state index is -0.673. The third-order valence-electron chi connectivity index (χ3n) is 4.65. The van der Waals surface area contributed by atoms with E-state index in [1.807, 2.05) is 26.0 Å². The van der Waals surface area contributed by atoms with E-state index in [0.717, 1.165) is 10.9 Å². The number of hydrogen-bond donors (Lipinski definition) is 2. The van der Waals surface area contributed by atoms with Gasteiger partial charge in [0.1, 0.15) is 6.04 Å². The van der Waals surface area contributed by atoms with Gasteiger partial charge >= 0.3 is 12.0 Å². The number of ether oxygens (including phenoxy) is 1. The molecule has 154 valence electrons. The molecular weight excluding hydrogens is 426 g/mol. The number of carbonyl (C=O) groups excluding carboxylic acids is 3. The Morgan fingerprint density at radius 3 is 2.71 bits per heavy atom. The van der Waals surface area contributed by atoms with Crippen molar-refractivity contribution in [3.8, 4) is 0 Å². The van der Waals surface area contributed by atoms with Crippen molar-refractivity contribution in [2.24, 2.45) is 11.8 Å². The smallest absolute Gasteiger partial charge is 0.319 e. The topological polar surface area (TPSA) is 87.7 Å². The highest BCUT2D eigenvalue weighted by atomic mass is 79.9. The molecule has 1 aliphatic rings. The Balaban J connectivity index is 2.00. The highest BCUT2D eigenvalue weighted by Crippen LogP contribution is 2.20. The van der Waals surface area contributed by atoms with Crippen LogP contribution >= 0.6 is 15.9 Å². The number of urea groups is 1. The fraction of sp³-hybridized carbons (Fsp3) is 0.550. The monoisotopic (exact) mass is 453 g/mol. The fourth-order valence-electron chi connectivity index (χ4n) is 3.21. The lowest BCUT2D eigenvalue weighted by atomic mass is 9.95. The number of benzene rings is 1. The normalized spacial score (nSPS) is 17.8. The van der Waals surface area contributed by atoms with E-state index < -0.39 is 12.1 Å². The number of nitrogens with one attached hydrogen (secondary N) is 2. The maximum Gasteiger partial charge on any atom is 0.319 e. The van der Waals surface area contributed by atoms with E-state index in [1.165, 1.54) is 0 Å². The molecule has 0 spiro atoms. The molecule has 1 aromatic rings. The Morgan fingerprint density at radius 1 is 1.32 bits per heavy atom. The second-order valence-electron chi connectivity index (χ2n) is 7.21. The van der Waals surface area contributed by atoms with Gasteiger partial charge in [-0.1, -0.05) is 35.8 Å². The minimum Gasteiger partial charge on any atom is -0.466 e. The lowest BCUT2D eigenvalue weighted by Gasteiger charge is -2.35. The molecule has 0 radical (unpaired) electrons. The first kappa shape index (κ1) is 22.2. The van der Waals surface area contributed by atoms with E-state index in [9.17, 15) is 14.4 Å². The molecule has 7 nitrogen and oxygen atoms in total. The lowest BCUT2D eigenvalue weighted by Crippen LogP contribution is -2.54. The summed E-state index contributed by atoms with van der Waals surface area (Å²) in [5.74, 6) is -0.834. The summed E-state index contributed by atoms with van der Waals surface area (Å²) in [6.07, 6.45) is 1.45. The SMILES string of the molecule is CCOC(=O)C1CCCN(C(=O)C(NC(=O)Nc2cccc(Br)c2)C(C)C)C1. The van der Waals surface area contributed by atoms with Gasteiger partial charge in [0.2, 0.25) is 5.91 Å². The number of amides is 3. The van der Waals surface area contributed by atoms with Gasteiger partial charge in [-0.3, -0.25) is 9.59 Å². The molecule has 0 aromatic heterocycles. The predicted molar refractivity (Wildman–Crippen MR) is 111 cm³/mol. The van der Waals surface area contributed by atoms with Crippen molar-refractivity contribution in [2.45, 2.75) is 39.7 Å². The Bertz CT molecular complexity index is 710. The zero-order chi connectivity index (χ0) is 20.7. The molecule has 8 heteroatoms. The number of hydrogen-bond acceptors (Lipinski definition) is 4. The van der Waals surface area contributed by atoms with Crippen molar-refractivity contribution in [3.05, 3.63) is 28.7 Å². The average Bonchev–Trinajstić information content (AvgIpc) is 2.65. The molecule has 1 heterocycles. The van der Waals surface area contributed by atoms with E-state index in [-0.39, 0.29) is 23.7 Å². The van der Waals surface area contributed by atoms with Gasteiger partial charge in [0.05, 0.1) is 12.5 Å². The van der Waals surface area contributed by atoms with Crippen LogP contribution < -0.4 is 10.6 Å². The van der Waals surface area contributed by atoms with Crippen molar-refractivity contribution in [3.63, 3.8) is 0 Å². The molecule has 1 aliphatic heterocycles. The van der Waals surface area contributed by atoms with E-state index in [0.29, 0.717) is 31.8 Å². The summed E-state index contributed by atoms with van der Waals surface area (Å²) < 4.78 is 5.94. The number of halogens is 1. The van der Waals surface area contributed by atoms with Gasteiger partial charge in [-0.25, -0.2) is 4.79 Å². The van der Waals surface area contributed by atoms with Crippen LogP contribution in [0.5, 0.6) is 0 Å².